The number of piperidine rings is 1. The number of ether oxygens (including phenoxy) is 1. The maximum Gasteiger partial charge on any atom is 0.227 e. The summed E-state index contributed by atoms with van der Waals surface area (Å²) >= 11 is 0. The van der Waals surface area contributed by atoms with E-state index in [9.17, 15) is 29.6 Å². The number of halogens is 1. The van der Waals surface area contributed by atoms with Crippen molar-refractivity contribution in [2.75, 3.05) is 57.4 Å². The van der Waals surface area contributed by atoms with Gasteiger partial charge in [-0.2, -0.15) is 0 Å². The predicted molar refractivity (Wildman–Crippen MR) is 170 cm³/mol. The van der Waals surface area contributed by atoms with Crippen molar-refractivity contribution in [3.63, 3.8) is 0 Å². The molecule has 2 aliphatic rings. The molecule has 4 atom stereocenters. The molecule has 2 aliphatic heterocycles. The van der Waals surface area contributed by atoms with Crippen LogP contribution in [0.15, 0.2) is 30.6 Å². The molecule has 13 heteroatoms. The van der Waals surface area contributed by atoms with Gasteiger partial charge in [-0.3, -0.25) is 4.79 Å². The molecular formula is C33H50FN5O7. The second-order valence-corrected chi connectivity index (χ2v) is 12.6. The number of aliphatic hydroxyl groups is 5. The minimum absolute atomic E-state index is 0.0374. The largest absolute Gasteiger partial charge is 0.493 e. The first-order valence-corrected chi connectivity index (χ1v) is 16.5. The lowest BCUT2D eigenvalue weighted by Crippen LogP contribution is -2.55. The van der Waals surface area contributed by atoms with E-state index in [1.165, 1.54) is 11.6 Å². The van der Waals surface area contributed by atoms with Crippen LogP contribution in [0.3, 0.4) is 0 Å². The monoisotopic (exact) mass is 647 g/mol. The van der Waals surface area contributed by atoms with E-state index in [4.69, 9.17) is 9.84 Å². The molecule has 2 fully saturated rings. The van der Waals surface area contributed by atoms with Crippen LogP contribution in [0.1, 0.15) is 50.2 Å². The molecule has 2 aromatic rings. The number of rotatable bonds is 18. The van der Waals surface area contributed by atoms with E-state index in [0.717, 1.165) is 57.6 Å². The van der Waals surface area contributed by atoms with Crippen molar-refractivity contribution in [1.82, 2.24) is 20.2 Å². The molecule has 12 nitrogen and oxygen atoms in total. The molecule has 1 aromatic carbocycles. The summed E-state index contributed by atoms with van der Waals surface area (Å²) in [4.78, 5) is 25.6. The molecule has 46 heavy (non-hydrogen) atoms. The Bertz CT molecular complexity index is 1210. The third kappa shape index (κ3) is 10.3. The maximum absolute atomic E-state index is 14.8. The Morgan fingerprint density at radius 2 is 1.76 bits per heavy atom. The zero-order chi connectivity index (χ0) is 33.1. The third-order valence-electron chi connectivity index (χ3n) is 8.94. The van der Waals surface area contributed by atoms with Gasteiger partial charge in [0.15, 0.2) is 0 Å². The van der Waals surface area contributed by atoms with Crippen molar-refractivity contribution in [1.29, 1.82) is 0 Å². The van der Waals surface area contributed by atoms with Crippen LogP contribution in [0.4, 0.5) is 10.3 Å². The summed E-state index contributed by atoms with van der Waals surface area (Å²) in [6.45, 7) is 5.20. The van der Waals surface area contributed by atoms with Crippen LogP contribution in [0.5, 0.6) is 5.75 Å². The number of carbonyl (C=O) groups is 1. The molecule has 0 aliphatic carbocycles. The summed E-state index contributed by atoms with van der Waals surface area (Å²) in [5.74, 6) is 1.36. The van der Waals surface area contributed by atoms with Gasteiger partial charge in [0.2, 0.25) is 11.9 Å². The summed E-state index contributed by atoms with van der Waals surface area (Å²) in [5, 5.41) is 50.8. The number of nitrogens with zero attached hydrogens (tertiary/aromatic N) is 4. The number of aryl methyl sites for hydroxylation is 1. The number of aromatic nitrogens is 2. The maximum atomic E-state index is 14.8. The molecule has 0 radical (unpaired) electrons. The number of likely N-dealkylation sites (tertiary alicyclic amines) is 1. The average molecular weight is 648 g/mol. The van der Waals surface area contributed by atoms with Gasteiger partial charge in [0.05, 0.1) is 25.7 Å². The van der Waals surface area contributed by atoms with Crippen molar-refractivity contribution in [3.8, 4) is 5.75 Å². The zero-order valence-electron chi connectivity index (χ0n) is 26.7. The minimum atomic E-state index is -1.67. The number of amides is 1. The minimum Gasteiger partial charge on any atom is -0.493 e. The van der Waals surface area contributed by atoms with Crippen molar-refractivity contribution < 1.29 is 39.5 Å². The number of aliphatic hydroxyl groups excluding tert-OH is 5. The first-order chi connectivity index (χ1) is 22.2. The zero-order valence-corrected chi connectivity index (χ0v) is 26.7. The highest BCUT2D eigenvalue weighted by Crippen LogP contribution is 2.25. The summed E-state index contributed by atoms with van der Waals surface area (Å²) in [7, 11) is 0. The molecular weight excluding hydrogens is 597 g/mol. The fourth-order valence-corrected chi connectivity index (χ4v) is 5.97. The highest BCUT2D eigenvalue weighted by atomic mass is 19.1. The van der Waals surface area contributed by atoms with Gasteiger partial charge in [-0.25, -0.2) is 14.4 Å². The smallest absolute Gasteiger partial charge is 0.227 e. The van der Waals surface area contributed by atoms with Crippen LogP contribution in [0.25, 0.3) is 0 Å². The molecule has 6 N–H and O–H groups in total. The van der Waals surface area contributed by atoms with Crippen LogP contribution < -0.4 is 15.0 Å². The molecule has 1 amide bonds. The van der Waals surface area contributed by atoms with Crippen LogP contribution in [0, 0.1) is 17.7 Å². The second-order valence-electron chi connectivity index (χ2n) is 12.6. The number of nitrogens with one attached hydrogen (secondary N) is 1. The van der Waals surface area contributed by atoms with E-state index in [-0.39, 0.29) is 24.8 Å². The van der Waals surface area contributed by atoms with Gasteiger partial charge in [-0.1, -0.05) is 19.4 Å². The van der Waals surface area contributed by atoms with Crippen LogP contribution in [0.2, 0.25) is 0 Å². The number of hydrogen-bond acceptors (Lipinski definition) is 11. The van der Waals surface area contributed by atoms with Gasteiger partial charge < -0.3 is 45.4 Å². The van der Waals surface area contributed by atoms with E-state index in [0.29, 0.717) is 43.5 Å². The molecule has 256 valence electrons. The first-order valence-electron chi connectivity index (χ1n) is 16.5. The Morgan fingerprint density at radius 3 is 2.41 bits per heavy atom. The highest BCUT2D eigenvalue weighted by Gasteiger charge is 2.32. The normalized spacial score (nSPS) is 18.6. The second kappa shape index (κ2) is 17.8. The standard InChI is InChI=1S/C33H50FN5O7/c1-2-4-23-16-36-33(37-17-23)38-10-8-22(9-11-38)5-3-12-46-26-7-6-25(27(34)14-26)13-30(43)39-19-24(20-39)15-35-18-28(41)31(44)32(45)29(42)21-40/h6-7,14,16-17,22,24,28-29,31-32,35,40-42,44-45H,2-5,8-13,15,18-21H2,1H3/t28-,29?,31+,32+/m0/s1. The number of hydrogen-bond donors (Lipinski definition) is 6. The van der Waals surface area contributed by atoms with Gasteiger partial charge in [-0.05, 0) is 55.2 Å². The SMILES string of the molecule is CCCc1cnc(N2CCC(CCCOc3ccc(CC(=O)N4CC(CNC[C@H](O)[C@@H](O)[C@H](O)C(O)CO)C4)c(F)c3)CC2)nc1. The van der Waals surface area contributed by atoms with E-state index in [1.54, 1.807) is 17.0 Å². The predicted octanol–water partition coefficient (Wildman–Crippen LogP) is 0.670. The van der Waals surface area contributed by atoms with Crippen LogP contribution in [-0.4, -0.2) is 123 Å². The Balaban J connectivity index is 1.08. The molecule has 4 rings (SSSR count). The lowest BCUT2D eigenvalue weighted by atomic mass is 9.92. The van der Waals surface area contributed by atoms with Gasteiger partial charge in [0, 0.05) is 63.6 Å². The third-order valence-corrected chi connectivity index (χ3v) is 8.94. The summed E-state index contributed by atoms with van der Waals surface area (Å²) in [5.41, 5.74) is 1.49. The fourth-order valence-electron chi connectivity index (χ4n) is 5.97. The van der Waals surface area contributed by atoms with Crippen molar-refractivity contribution in [2.24, 2.45) is 11.8 Å². The van der Waals surface area contributed by atoms with Crippen molar-refractivity contribution in [2.45, 2.75) is 76.3 Å². The van der Waals surface area contributed by atoms with E-state index in [1.807, 2.05) is 12.4 Å². The van der Waals surface area contributed by atoms with Gasteiger partial charge in [-0.15, -0.1) is 0 Å². The Kier molecular flexibility index (Phi) is 13.9. The van der Waals surface area contributed by atoms with Gasteiger partial charge >= 0.3 is 0 Å². The number of carbonyl (C=O) groups excluding carboxylic acids is 1. The van der Waals surface area contributed by atoms with Gasteiger partial charge in [0.25, 0.3) is 0 Å². The van der Waals surface area contributed by atoms with E-state index < -0.39 is 36.8 Å². The first kappa shape index (κ1) is 35.9. The van der Waals surface area contributed by atoms with Crippen molar-refractivity contribution >= 4 is 11.9 Å². The quantitative estimate of drug-likeness (QED) is 0.126. The van der Waals surface area contributed by atoms with Crippen LogP contribution >= 0.6 is 0 Å². The average Bonchev–Trinajstić information content (AvgIpc) is 3.04. The van der Waals surface area contributed by atoms with Crippen molar-refractivity contribution in [3.05, 3.63) is 47.5 Å². The van der Waals surface area contributed by atoms with E-state index in [2.05, 4.69) is 27.1 Å². The number of benzene rings is 1. The molecule has 0 bridgehead atoms. The molecule has 3 heterocycles. The Labute approximate surface area is 270 Å². The number of anilines is 1. The molecule has 1 aromatic heterocycles. The summed E-state index contributed by atoms with van der Waals surface area (Å²) in [6.07, 6.45) is 3.81. The Morgan fingerprint density at radius 1 is 1.07 bits per heavy atom. The summed E-state index contributed by atoms with van der Waals surface area (Å²) in [6, 6.07) is 4.64. The summed E-state index contributed by atoms with van der Waals surface area (Å²) < 4.78 is 20.6. The lowest BCUT2D eigenvalue weighted by molar-refractivity contribution is -0.136. The topological polar surface area (TPSA) is 172 Å². The van der Waals surface area contributed by atoms with Crippen LogP contribution in [-0.2, 0) is 17.6 Å². The fraction of sp³-hybridized carbons (Fsp3) is 0.667. The molecule has 1 unspecified atom stereocenters. The molecule has 2 saturated heterocycles. The molecule has 0 saturated carbocycles. The Hall–Kier alpha value is -2.94. The van der Waals surface area contributed by atoms with Gasteiger partial charge in [0.1, 0.15) is 29.9 Å². The molecule has 0 spiro atoms. The van der Waals surface area contributed by atoms with E-state index >= 15 is 0 Å². The highest BCUT2D eigenvalue weighted by molar-refractivity contribution is 5.79. The lowest BCUT2D eigenvalue weighted by Gasteiger charge is -2.39.